The van der Waals surface area contributed by atoms with Gasteiger partial charge < -0.3 is 10.1 Å². The van der Waals surface area contributed by atoms with Gasteiger partial charge in [0.2, 0.25) is 0 Å². The summed E-state index contributed by atoms with van der Waals surface area (Å²) in [6, 6.07) is 8.26. The number of rotatable bonds is 6. The summed E-state index contributed by atoms with van der Waals surface area (Å²) in [5.41, 5.74) is 2.35. The maximum absolute atomic E-state index is 5.22. The molecule has 1 atom stereocenters. The van der Waals surface area contributed by atoms with Gasteiger partial charge in [-0.05, 0) is 47.1 Å². The molecule has 20 heavy (non-hydrogen) atoms. The minimum Gasteiger partial charge on any atom is -0.497 e. The summed E-state index contributed by atoms with van der Waals surface area (Å²) in [7, 11) is 1.68. The zero-order valence-corrected chi connectivity index (χ0v) is 13.6. The number of halogens is 1. The Balaban J connectivity index is 2.41. The van der Waals surface area contributed by atoms with E-state index in [0.717, 1.165) is 29.0 Å². The first-order chi connectivity index (χ1) is 9.71. The van der Waals surface area contributed by atoms with Crippen LogP contribution in [0.1, 0.15) is 31.1 Å². The van der Waals surface area contributed by atoms with Crippen LogP contribution in [0.15, 0.2) is 34.9 Å². The average molecular weight is 338 g/mol. The standard InChI is InChI=1S/C15H20BrN3O/c1-4-17-14(11-6-8-12(20-3)9-7-11)15-13(16)10-18-19(15)5-2/h6-10,14,17H,4-5H2,1-3H3. The highest BCUT2D eigenvalue weighted by Crippen LogP contribution is 2.29. The van der Waals surface area contributed by atoms with Crippen molar-refractivity contribution in [3.8, 4) is 5.75 Å². The first-order valence-electron chi connectivity index (χ1n) is 6.79. The van der Waals surface area contributed by atoms with E-state index in [0.29, 0.717) is 0 Å². The van der Waals surface area contributed by atoms with Crippen molar-refractivity contribution in [1.29, 1.82) is 0 Å². The van der Waals surface area contributed by atoms with E-state index in [1.807, 2.05) is 23.0 Å². The van der Waals surface area contributed by atoms with Crippen LogP contribution in [-0.4, -0.2) is 23.4 Å². The predicted octanol–water partition coefficient (Wildman–Crippen LogP) is 3.37. The van der Waals surface area contributed by atoms with Crippen molar-refractivity contribution in [2.24, 2.45) is 0 Å². The molecule has 2 aromatic rings. The highest BCUT2D eigenvalue weighted by atomic mass is 79.9. The maximum Gasteiger partial charge on any atom is 0.118 e. The van der Waals surface area contributed by atoms with E-state index in [9.17, 15) is 0 Å². The zero-order chi connectivity index (χ0) is 14.5. The van der Waals surface area contributed by atoms with Gasteiger partial charge in [-0.3, -0.25) is 4.68 Å². The van der Waals surface area contributed by atoms with Gasteiger partial charge in [0, 0.05) is 6.54 Å². The normalized spacial score (nSPS) is 12.4. The largest absolute Gasteiger partial charge is 0.497 e. The quantitative estimate of drug-likeness (QED) is 0.878. The predicted molar refractivity (Wildman–Crippen MR) is 84.1 cm³/mol. The molecule has 0 saturated heterocycles. The van der Waals surface area contributed by atoms with Crippen LogP contribution in [0.5, 0.6) is 5.75 Å². The van der Waals surface area contributed by atoms with E-state index in [1.165, 1.54) is 5.56 Å². The van der Waals surface area contributed by atoms with Crippen LogP contribution in [0.3, 0.4) is 0 Å². The number of hydrogen-bond acceptors (Lipinski definition) is 3. The number of benzene rings is 1. The Morgan fingerprint density at radius 2 is 2.00 bits per heavy atom. The lowest BCUT2D eigenvalue weighted by Gasteiger charge is -2.20. The summed E-state index contributed by atoms with van der Waals surface area (Å²) in [6.07, 6.45) is 1.85. The molecule has 1 aromatic heterocycles. The third-order valence-electron chi connectivity index (χ3n) is 3.26. The lowest BCUT2D eigenvalue weighted by Crippen LogP contribution is -2.25. The number of hydrogen-bond donors (Lipinski definition) is 1. The minimum absolute atomic E-state index is 0.114. The molecule has 0 aliphatic rings. The van der Waals surface area contributed by atoms with Crippen molar-refractivity contribution in [3.05, 3.63) is 46.2 Å². The topological polar surface area (TPSA) is 39.1 Å². The monoisotopic (exact) mass is 337 g/mol. The number of methoxy groups -OCH3 is 1. The second kappa shape index (κ2) is 6.90. The second-order valence-electron chi connectivity index (χ2n) is 4.46. The van der Waals surface area contributed by atoms with E-state index in [1.54, 1.807) is 7.11 Å². The Morgan fingerprint density at radius 3 is 2.55 bits per heavy atom. The zero-order valence-electron chi connectivity index (χ0n) is 12.1. The van der Waals surface area contributed by atoms with Gasteiger partial charge in [-0.1, -0.05) is 19.1 Å². The van der Waals surface area contributed by atoms with Gasteiger partial charge in [0.25, 0.3) is 0 Å². The molecule has 108 valence electrons. The van der Waals surface area contributed by atoms with Crippen molar-refractivity contribution in [3.63, 3.8) is 0 Å². The van der Waals surface area contributed by atoms with Gasteiger partial charge in [-0.25, -0.2) is 0 Å². The Morgan fingerprint density at radius 1 is 1.30 bits per heavy atom. The van der Waals surface area contributed by atoms with Crippen LogP contribution in [0.4, 0.5) is 0 Å². The van der Waals surface area contributed by atoms with E-state index in [2.05, 4.69) is 52.3 Å². The van der Waals surface area contributed by atoms with Crippen molar-refractivity contribution < 1.29 is 4.74 Å². The van der Waals surface area contributed by atoms with E-state index >= 15 is 0 Å². The molecule has 0 radical (unpaired) electrons. The lowest BCUT2D eigenvalue weighted by atomic mass is 10.0. The summed E-state index contributed by atoms with van der Waals surface area (Å²) in [6.45, 7) is 5.94. The molecule has 0 aliphatic heterocycles. The van der Waals surface area contributed by atoms with Gasteiger partial charge >= 0.3 is 0 Å². The fourth-order valence-electron chi connectivity index (χ4n) is 2.28. The number of nitrogens with zero attached hydrogens (tertiary/aromatic N) is 2. The van der Waals surface area contributed by atoms with Crippen LogP contribution in [-0.2, 0) is 6.54 Å². The maximum atomic E-state index is 5.22. The first-order valence-corrected chi connectivity index (χ1v) is 7.59. The van der Waals surface area contributed by atoms with Gasteiger partial charge in [-0.15, -0.1) is 0 Å². The first kappa shape index (κ1) is 15.1. The molecule has 0 aliphatic carbocycles. The Kier molecular flexibility index (Phi) is 5.20. The molecule has 4 nitrogen and oxygen atoms in total. The van der Waals surface area contributed by atoms with Crippen LogP contribution in [0, 0.1) is 0 Å². The molecule has 5 heteroatoms. The highest BCUT2D eigenvalue weighted by Gasteiger charge is 2.20. The molecule has 2 rings (SSSR count). The fraction of sp³-hybridized carbons (Fsp3) is 0.400. The smallest absolute Gasteiger partial charge is 0.118 e. The SMILES string of the molecule is CCNC(c1ccc(OC)cc1)c1c(Br)cnn1CC. The van der Waals surface area contributed by atoms with Crippen LogP contribution < -0.4 is 10.1 Å². The molecule has 1 heterocycles. The minimum atomic E-state index is 0.114. The molecule has 0 fully saturated rings. The molecular formula is C15H20BrN3O. The van der Waals surface area contributed by atoms with Crippen molar-refractivity contribution in [2.75, 3.05) is 13.7 Å². The van der Waals surface area contributed by atoms with Crippen molar-refractivity contribution >= 4 is 15.9 Å². The van der Waals surface area contributed by atoms with Gasteiger partial charge in [0.05, 0.1) is 29.5 Å². The lowest BCUT2D eigenvalue weighted by molar-refractivity contribution is 0.414. The Labute approximate surface area is 128 Å². The summed E-state index contributed by atoms with van der Waals surface area (Å²) >= 11 is 3.61. The van der Waals surface area contributed by atoms with Crippen molar-refractivity contribution in [2.45, 2.75) is 26.4 Å². The van der Waals surface area contributed by atoms with E-state index in [4.69, 9.17) is 4.74 Å². The van der Waals surface area contributed by atoms with E-state index < -0.39 is 0 Å². The van der Waals surface area contributed by atoms with Crippen LogP contribution >= 0.6 is 15.9 Å². The molecule has 0 bridgehead atoms. The van der Waals surface area contributed by atoms with Crippen LogP contribution in [0.25, 0.3) is 0 Å². The Bertz CT molecular complexity index is 551. The highest BCUT2D eigenvalue weighted by molar-refractivity contribution is 9.10. The number of nitrogens with one attached hydrogen (secondary N) is 1. The number of aromatic nitrogens is 2. The summed E-state index contributed by atoms with van der Waals surface area (Å²) in [4.78, 5) is 0. The fourth-order valence-corrected chi connectivity index (χ4v) is 2.81. The molecular weight excluding hydrogens is 318 g/mol. The van der Waals surface area contributed by atoms with Crippen molar-refractivity contribution in [1.82, 2.24) is 15.1 Å². The number of aryl methyl sites for hydroxylation is 1. The molecule has 0 spiro atoms. The summed E-state index contributed by atoms with van der Waals surface area (Å²) in [5.74, 6) is 0.868. The molecule has 0 amide bonds. The average Bonchev–Trinajstić information content (AvgIpc) is 2.86. The van der Waals surface area contributed by atoms with Gasteiger partial charge in [0.15, 0.2) is 0 Å². The van der Waals surface area contributed by atoms with Crippen LogP contribution in [0.2, 0.25) is 0 Å². The summed E-state index contributed by atoms with van der Waals surface area (Å²) in [5, 5.41) is 7.92. The second-order valence-corrected chi connectivity index (χ2v) is 5.31. The van der Waals surface area contributed by atoms with Gasteiger partial charge in [-0.2, -0.15) is 5.10 Å². The molecule has 1 unspecified atom stereocenters. The molecule has 0 saturated carbocycles. The van der Waals surface area contributed by atoms with Gasteiger partial charge in [0.1, 0.15) is 5.75 Å². The molecule has 1 N–H and O–H groups in total. The van der Waals surface area contributed by atoms with E-state index in [-0.39, 0.29) is 6.04 Å². The third kappa shape index (κ3) is 3.04. The summed E-state index contributed by atoms with van der Waals surface area (Å²) < 4.78 is 8.27. The number of ether oxygens (including phenoxy) is 1. The molecule has 1 aromatic carbocycles. The Hall–Kier alpha value is -1.33. The third-order valence-corrected chi connectivity index (χ3v) is 3.87.